The smallest absolute Gasteiger partial charge is 0.306 e. The minimum atomic E-state index is -0.213. The first kappa shape index (κ1) is 19.9. The van der Waals surface area contributed by atoms with Crippen LogP contribution in [-0.2, 0) is 23.8 Å². The van der Waals surface area contributed by atoms with Crippen molar-refractivity contribution in [3.8, 4) is 0 Å². The molecule has 0 aromatic carbocycles. The molecule has 6 heteroatoms. The van der Waals surface area contributed by atoms with Crippen LogP contribution in [0.4, 0.5) is 0 Å². The number of carbonyl (C=O) groups excluding carboxylic acids is 2. The second-order valence-corrected chi connectivity index (χ2v) is 5.25. The fourth-order valence-electron chi connectivity index (χ4n) is 1.77. The van der Waals surface area contributed by atoms with Gasteiger partial charge in [-0.2, -0.15) is 0 Å². The molecule has 0 aromatic heterocycles. The lowest BCUT2D eigenvalue weighted by atomic mass is 10.1. The molecule has 0 saturated carbocycles. The van der Waals surface area contributed by atoms with E-state index in [1.807, 2.05) is 6.92 Å². The standard InChI is InChI=1S/C15H29NO5/c1-12(6-5-7-14(17)19-3)11-21-13(2)10-16-9-8-15(18)20-4/h12-13,16H,5-11H2,1-4H3. The fourth-order valence-corrected chi connectivity index (χ4v) is 1.77. The first-order valence-corrected chi connectivity index (χ1v) is 7.45. The number of rotatable bonds is 12. The van der Waals surface area contributed by atoms with Crippen molar-refractivity contribution in [3.63, 3.8) is 0 Å². The van der Waals surface area contributed by atoms with E-state index in [9.17, 15) is 9.59 Å². The van der Waals surface area contributed by atoms with E-state index in [1.165, 1.54) is 14.2 Å². The van der Waals surface area contributed by atoms with Crippen LogP contribution < -0.4 is 5.32 Å². The molecule has 0 saturated heterocycles. The summed E-state index contributed by atoms with van der Waals surface area (Å²) in [5, 5.41) is 3.15. The van der Waals surface area contributed by atoms with E-state index in [-0.39, 0.29) is 18.0 Å². The summed E-state index contributed by atoms with van der Waals surface area (Å²) in [5.74, 6) is 0.0359. The van der Waals surface area contributed by atoms with E-state index >= 15 is 0 Å². The Labute approximate surface area is 127 Å². The van der Waals surface area contributed by atoms with E-state index in [0.29, 0.717) is 38.5 Å². The molecule has 0 aromatic rings. The summed E-state index contributed by atoms with van der Waals surface area (Å²) in [7, 11) is 2.79. The summed E-state index contributed by atoms with van der Waals surface area (Å²) >= 11 is 0. The van der Waals surface area contributed by atoms with Gasteiger partial charge >= 0.3 is 11.9 Å². The number of carbonyl (C=O) groups is 2. The van der Waals surface area contributed by atoms with Crippen LogP contribution in [0.2, 0.25) is 0 Å². The zero-order valence-corrected chi connectivity index (χ0v) is 13.6. The van der Waals surface area contributed by atoms with Crippen molar-refractivity contribution >= 4 is 11.9 Å². The number of ether oxygens (including phenoxy) is 3. The molecule has 0 aliphatic heterocycles. The van der Waals surface area contributed by atoms with Gasteiger partial charge < -0.3 is 19.5 Å². The van der Waals surface area contributed by atoms with E-state index < -0.39 is 0 Å². The van der Waals surface area contributed by atoms with Crippen molar-refractivity contribution < 1.29 is 23.8 Å². The third-order valence-corrected chi connectivity index (χ3v) is 3.14. The fraction of sp³-hybridized carbons (Fsp3) is 0.867. The van der Waals surface area contributed by atoms with Crippen molar-refractivity contribution in [1.29, 1.82) is 0 Å². The number of methoxy groups -OCH3 is 2. The van der Waals surface area contributed by atoms with Gasteiger partial charge in [0.1, 0.15) is 0 Å². The molecule has 0 bridgehead atoms. The normalized spacial score (nSPS) is 13.5. The monoisotopic (exact) mass is 303 g/mol. The lowest BCUT2D eigenvalue weighted by molar-refractivity contribution is -0.141. The van der Waals surface area contributed by atoms with Gasteiger partial charge in [-0.05, 0) is 25.7 Å². The molecule has 1 N–H and O–H groups in total. The number of nitrogens with one attached hydrogen (secondary N) is 1. The SMILES string of the molecule is COC(=O)CCCC(C)COC(C)CNCCC(=O)OC. The van der Waals surface area contributed by atoms with Crippen molar-refractivity contribution in [2.75, 3.05) is 33.9 Å². The molecule has 2 atom stereocenters. The summed E-state index contributed by atoms with van der Waals surface area (Å²) in [5.41, 5.74) is 0. The highest BCUT2D eigenvalue weighted by molar-refractivity contribution is 5.69. The molecule has 0 amide bonds. The second kappa shape index (κ2) is 12.6. The van der Waals surface area contributed by atoms with Gasteiger partial charge in [-0.3, -0.25) is 9.59 Å². The van der Waals surface area contributed by atoms with Crippen LogP contribution in [0.5, 0.6) is 0 Å². The van der Waals surface area contributed by atoms with Gasteiger partial charge in [0, 0.05) is 26.1 Å². The van der Waals surface area contributed by atoms with Crippen molar-refractivity contribution in [2.24, 2.45) is 5.92 Å². The van der Waals surface area contributed by atoms with Gasteiger partial charge in [0.15, 0.2) is 0 Å². The lowest BCUT2D eigenvalue weighted by Gasteiger charge is -2.17. The maximum atomic E-state index is 11.0. The van der Waals surface area contributed by atoms with E-state index in [0.717, 1.165) is 12.8 Å². The number of hydrogen-bond donors (Lipinski definition) is 1. The van der Waals surface area contributed by atoms with Gasteiger partial charge in [-0.25, -0.2) is 0 Å². The number of hydrogen-bond acceptors (Lipinski definition) is 6. The minimum Gasteiger partial charge on any atom is -0.469 e. The summed E-state index contributed by atoms with van der Waals surface area (Å²) in [4.78, 5) is 21.9. The quantitative estimate of drug-likeness (QED) is 0.435. The van der Waals surface area contributed by atoms with Crippen LogP contribution in [0.3, 0.4) is 0 Å². The molecule has 0 rings (SSSR count). The zero-order chi connectivity index (χ0) is 16.1. The third-order valence-electron chi connectivity index (χ3n) is 3.14. The first-order chi connectivity index (χ1) is 9.99. The van der Waals surface area contributed by atoms with Crippen LogP contribution in [0, 0.1) is 5.92 Å². The Bertz CT molecular complexity index is 296. The van der Waals surface area contributed by atoms with E-state index in [1.54, 1.807) is 0 Å². The Balaban J connectivity index is 3.52. The summed E-state index contributed by atoms with van der Waals surface area (Å²) < 4.78 is 14.9. The van der Waals surface area contributed by atoms with Crippen LogP contribution in [0.15, 0.2) is 0 Å². The highest BCUT2D eigenvalue weighted by Gasteiger charge is 2.08. The van der Waals surface area contributed by atoms with Crippen LogP contribution in [0.1, 0.15) is 39.5 Å². The van der Waals surface area contributed by atoms with Crippen molar-refractivity contribution in [2.45, 2.75) is 45.6 Å². The maximum Gasteiger partial charge on any atom is 0.306 e. The molecule has 6 nitrogen and oxygen atoms in total. The predicted octanol–water partition coefficient (Wildman–Crippen LogP) is 1.52. The van der Waals surface area contributed by atoms with Gasteiger partial charge in [-0.1, -0.05) is 6.92 Å². The van der Waals surface area contributed by atoms with Crippen molar-refractivity contribution in [1.82, 2.24) is 5.32 Å². The van der Waals surface area contributed by atoms with E-state index in [2.05, 4.69) is 21.7 Å². The Morgan fingerprint density at radius 3 is 2.29 bits per heavy atom. The molecule has 0 radical (unpaired) electrons. The Morgan fingerprint density at radius 1 is 1.05 bits per heavy atom. The van der Waals surface area contributed by atoms with Crippen molar-refractivity contribution in [3.05, 3.63) is 0 Å². The Morgan fingerprint density at radius 2 is 1.67 bits per heavy atom. The molecule has 21 heavy (non-hydrogen) atoms. The zero-order valence-electron chi connectivity index (χ0n) is 13.6. The highest BCUT2D eigenvalue weighted by Crippen LogP contribution is 2.09. The van der Waals surface area contributed by atoms with Gasteiger partial charge in [-0.15, -0.1) is 0 Å². The topological polar surface area (TPSA) is 73.9 Å². The Hall–Kier alpha value is -1.14. The van der Waals surface area contributed by atoms with Gasteiger partial charge in [0.2, 0.25) is 0 Å². The van der Waals surface area contributed by atoms with Crippen LogP contribution in [-0.4, -0.2) is 52.0 Å². The Kier molecular flexibility index (Phi) is 11.9. The molecule has 0 fully saturated rings. The maximum absolute atomic E-state index is 11.0. The van der Waals surface area contributed by atoms with Crippen LogP contribution in [0.25, 0.3) is 0 Å². The molecule has 0 aliphatic carbocycles. The first-order valence-electron chi connectivity index (χ1n) is 7.45. The third kappa shape index (κ3) is 12.3. The predicted molar refractivity (Wildman–Crippen MR) is 79.9 cm³/mol. The summed E-state index contributed by atoms with van der Waals surface area (Å²) in [6.45, 7) is 6.06. The average Bonchev–Trinajstić information content (AvgIpc) is 2.48. The van der Waals surface area contributed by atoms with Gasteiger partial charge in [0.05, 0.1) is 26.7 Å². The molecule has 0 aliphatic rings. The van der Waals surface area contributed by atoms with E-state index in [4.69, 9.17) is 4.74 Å². The molecule has 124 valence electrons. The average molecular weight is 303 g/mol. The molecule has 0 spiro atoms. The molecular weight excluding hydrogens is 274 g/mol. The lowest BCUT2D eigenvalue weighted by Crippen LogP contribution is -2.29. The summed E-state index contributed by atoms with van der Waals surface area (Å²) in [6.07, 6.45) is 2.69. The number of esters is 2. The molecular formula is C15H29NO5. The largest absolute Gasteiger partial charge is 0.469 e. The highest BCUT2D eigenvalue weighted by atomic mass is 16.5. The van der Waals surface area contributed by atoms with Crippen LogP contribution >= 0.6 is 0 Å². The molecule has 0 heterocycles. The minimum absolute atomic E-state index is 0.0886. The molecule has 2 unspecified atom stereocenters. The second-order valence-electron chi connectivity index (χ2n) is 5.25. The summed E-state index contributed by atoms with van der Waals surface area (Å²) in [6, 6.07) is 0. The van der Waals surface area contributed by atoms with Gasteiger partial charge in [0.25, 0.3) is 0 Å².